The van der Waals surface area contributed by atoms with Crippen LogP contribution in [-0.2, 0) is 5.41 Å². The van der Waals surface area contributed by atoms with Crippen molar-refractivity contribution < 1.29 is 0 Å². The minimum atomic E-state index is 0.183. The molecule has 0 amide bonds. The molecule has 0 unspecified atom stereocenters. The van der Waals surface area contributed by atoms with E-state index in [1.54, 1.807) is 0 Å². The summed E-state index contributed by atoms with van der Waals surface area (Å²) >= 11 is 0. The standard InChI is InChI=1S/C15H19N.C2H6/c1-11(2)15(3,4)14-7-5-6-12-8-9-16-10-13(12)14;1-2/h5-11H,1-4H3;1-2H3. The fraction of sp³-hybridized carbons (Fsp3) is 0.471. The van der Waals surface area contributed by atoms with Gasteiger partial charge in [-0.3, -0.25) is 4.98 Å². The van der Waals surface area contributed by atoms with Crippen molar-refractivity contribution in [1.29, 1.82) is 0 Å². The first-order valence-corrected chi connectivity index (χ1v) is 6.86. The molecule has 1 heteroatoms. The molecule has 0 radical (unpaired) electrons. The van der Waals surface area contributed by atoms with Crippen molar-refractivity contribution in [2.45, 2.75) is 47.0 Å². The number of fused-ring (bicyclic) bond motifs is 1. The highest BCUT2D eigenvalue weighted by Crippen LogP contribution is 2.35. The van der Waals surface area contributed by atoms with Crippen molar-refractivity contribution in [2.75, 3.05) is 0 Å². The van der Waals surface area contributed by atoms with E-state index in [9.17, 15) is 0 Å². The summed E-state index contributed by atoms with van der Waals surface area (Å²) in [6.45, 7) is 13.2. The maximum absolute atomic E-state index is 4.25. The second-order valence-electron chi connectivity index (χ2n) is 5.28. The number of rotatable bonds is 2. The maximum Gasteiger partial charge on any atom is 0.0349 e. The number of nitrogens with zero attached hydrogens (tertiary/aromatic N) is 1. The predicted molar refractivity (Wildman–Crippen MR) is 81.0 cm³/mol. The van der Waals surface area contributed by atoms with Crippen LogP contribution in [0.25, 0.3) is 10.8 Å². The molecule has 2 aromatic rings. The van der Waals surface area contributed by atoms with Gasteiger partial charge < -0.3 is 0 Å². The van der Waals surface area contributed by atoms with E-state index in [0.717, 1.165) is 0 Å². The largest absolute Gasteiger partial charge is 0.264 e. The van der Waals surface area contributed by atoms with E-state index in [0.29, 0.717) is 5.92 Å². The highest BCUT2D eigenvalue weighted by molar-refractivity contribution is 5.85. The lowest BCUT2D eigenvalue weighted by Crippen LogP contribution is -2.24. The topological polar surface area (TPSA) is 12.9 Å². The first kappa shape index (κ1) is 14.7. The van der Waals surface area contributed by atoms with Gasteiger partial charge in [0.15, 0.2) is 0 Å². The molecule has 0 N–H and O–H groups in total. The normalized spacial score (nSPS) is 11.3. The van der Waals surface area contributed by atoms with Crippen LogP contribution in [0, 0.1) is 5.92 Å². The van der Waals surface area contributed by atoms with Gasteiger partial charge in [-0.2, -0.15) is 0 Å². The molecule has 0 saturated heterocycles. The van der Waals surface area contributed by atoms with E-state index in [4.69, 9.17) is 0 Å². The Hall–Kier alpha value is -1.37. The fourth-order valence-corrected chi connectivity index (χ4v) is 1.99. The number of benzene rings is 1. The van der Waals surface area contributed by atoms with Crippen LogP contribution in [-0.4, -0.2) is 4.98 Å². The lowest BCUT2D eigenvalue weighted by molar-refractivity contribution is 0.375. The summed E-state index contributed by atoms with van der Waals surface area (Å²) in [5.74, 6) is 0.610. The van der Waals surface area contributed by atoms with Gasteiger partial charge in [-0.1, -0.05) is 59.7 Å². The van der Waals surface area contributed by atoms with Crippen molar-refractivity contribution >= 4 is 10.8 Å². The molecule has 0 fully saturated rings. The van der Waals surface area contributed by atoms with Crippen LogP contribution in [0.15, 0.2) is 36.7 Å². The molecule has 0 aliphatic rings. The van der Waals surface area contributed by atoms with Crippen LogP contribution < -0.4 is 0 Å². The summed E-state index contributed by atoms with van der Waals surface area (Å²) in [7, 11) is 0. The summed E-state index contributed by atoms with van der Waals surface area (Å²) in [5, 5.41) is 2.56. The smallest absolute Gasteiger partial charge is 0.0349 e. The van der Waals surface area contributed by atoms with Gasteiger partial charge in [0.2, 0.25) is 0 Å². The molecule has 2 rings (SSSR count). The molecule has 1 nitrogen and oxygen atoms in total. The maximum atomic E-state index is 4.25. The second kappa shape index (κ2) is 5.99. The van der Waals surface area contributed by atoms with Crippen molar-refractivity contribution in [3.63, 3.8) is 0 Å². The molecular formula is C17H25N. The van der Waals surface area contributed by atoms with Crippen molar-refractivity contribution in [3.05, 3.63) is 42.2 Å². The van der Waals surface area contributed by atoms with Crippen molar-refractivity contribution in [1.82, 2.24) is 4.98 Å². The SMILES string of the molecule is CC.CC(C)C(C)(C)c1cccc2ccncc12. The Morgan fingerprint density at radius 2 is 1.72 bits per heavy atom. The lowest BCUT2D eigenvalue weighted by Gasteiger charge is -2.31. The molecule has 1 aromatic carbocycles. The highest BCUT2D eigenvalue weighted by Gasteiger charge is 2.26. The number of aromatic nitrogens is 1. The minimum Gasteiger partial charge on any atom is -0.264 e. The third kappa shape index (κ3) is 2.72. The van der Waals surface area contributed by atoms with Gasteiger partial charge in [0.05, 0.1) is 0 Å². The Balaban J connectivity index is 0.000000771. The van der Waals surface area contributed by atoms with Crippen LogP contribution in [0.3, 0.4) is 0 Å². The van der Waals surface area contributed by atoms with E-state index < -0.39 is 0 Å². The van der Waals surface area contributed by atoms with Crippen molar-refractivity contribution in [2.24, 2.45) is 5.92 Å². The first-order chi connectivity index (χ1) is 8.53. The molecule has 1 heterocycles. The third-order valence-electron chi connectivity index (χ3n) is 3.82. The van der Waals surface area contributed by atoms with E-state index in [1.807, 2.05) is 26.2 Å². The Labute approximate surface area is 111 Å². The molecule has 0 spiro atoms. The number of hydrogen-bond donors (Lipinski definition) is 0. The molecule has 0 saturated carbocycles. The van der Waals surface area contributed by atoms with Crippen LogP contribution in [0.5, 0.6) is 0 Å². The van der Waals surface area contributed by atoms with Crippen LogP contribution in [0.4, 0.5) is 0 Å². The molecule has 0 atom stereocenters. The average Bonchev–Trinajstić information content (AvgIpc) is 2.40. The molecule has 98 valence electrons. The van der Waals surface area contributed by atoms with Crippen LogP contribution in [0.1, 0.15) is 47.1 Å². The zero-order valence-electron chi connectivity index (χ0n) is 12.5. The van der Waals surface area contributed by atoms with E-state index in [1.165, 1.54) is 16.3 Å². The van der Waals surface area contributed by atoms with Crippen molar-refractivity contribution in [3.8, 4) is 0 Å². The van der Waals surface area contributed by atoms with E-state index in [-0.39, 0.29) is 5.41 Å². The van der Waals surface area contributed by atoms with Gasteiger partial charge in [-0.05, 0) is 28.3 Å². The van der Waals surface area contributed by atoms with Gasteiger partial charge in [0.25, 0.3) is 0 Å². The number of hydrogen-bond acceptors (Lipinski definition) is 1. The third-order valence-corrected chi connectivity index (χ3v) is 3.82. The number of pyridine rings is 1. The van der Waals surface area contributed by atoms with Gasteiger partial charge in [0.1, 0.15) is 0 Å². The van der Waals surface area contributed by atoms with Crippen LogP contribution >= 0.6 is 0 Å². The molecule has 0 bridgehead atoms. The molecular weight excluding hydrogens is 218 g/mol. The van der Waals surface area contributed by atoms with Gasteiger partial charge in [-0.25, -0.2) is 0 Å². The first-order valence-electron chi connectivity index (χ1n) is 6.86. The van der Waals surface area contributed by atoms with Crippen LogP contribution in [0.2, 0.25) is 0 Å². The van der Waals surface area contributed by atoms with Gasteiger partial charge in [-0.15, -0.1) is 0 Å². The summed E-state index contributed by atoms with van der Waals surface area (Å²) in [5.41, 5.74) is 1.58. The monoisotopic (exact) mass is 243 g/mol. The Morgan fingerprint density at radius 3 is 2.33 bits per heavy atom. The fourth-order valence-electron chi connectivity index (χ4n) is 1.99. The quantitative estimate of drug-likeness (QED) is 0.707. The lowest BCUT2D eigenvalue weighted by atomic mass is 9.74. The van der Waals surface area contributed by atoms with E-state index in [2.05, 4.69) is 56.9 Å². The predicted octanol–water partition coefficient (Wildman–Crippen LogP) is 5.19. The minimum absolute atomic E-state index is 0.183. The zero-order valence-corrected chi connectivity index (χ0v) is 12.5. The summed E-state index contributed by atoms with van der Waals surface area (Å²) in [4.78, 5) is 4.25. The summed E-state index contributed by atoms with van der Waals surface area (Å²) in [6.07, 6.45) is 3.84. The molecule has 0 aliphatic carbocycles. The highest BCUT2D eigenvalue weighted by atomic mass is 14.6. The second-order valence-corrected chi connectivity index (χ2v) is 5.28. The Kier molecular flexibility index (Phi) is 4.89. The Bertz CT molecular complexity index is 492. The van der Waals surface area contributed by atoms with Gasteiger partial charge >= 0.3 is 0 Å². The van der Waals surface area contributed by atoms with Gasteiger partial charge in [0, 0.05) is 17.8 Å². The molecule has 0 aliphatic heterocycles. The zero-order chi connectivity index (χ0) is 13.8. The van der Waals surface area contributed by atoms with E-state index >= 15 is 0 Å². The summed E-state index contributed by atoms with van der Waals surface area (Å²) in [6, 6.07) is 8.60. The molecule has 1 aromatic heterocycles. The Morgan fingerprint density at radius 1 is 1.06 bits per heavy atom. The summed E-state index contributed by atoms with van der Waals surface area (Å²) < 4.78 is 0. The average molecular weight is 243 g/mol. The molecule has 18 heavy (non-hydrogen) atoms.